The van der Waals surface area contributed by atoms with E-state index in [1.54, 1.807) is 0 Å². The molecule has 2 N–H and O–H groups in total. The lowest BCUT2D eigenvalue weighted by Gasteiger charge is -2.02. The van der Waals surface area contributed by atoms with Crippen LogP contribution < -0.4 is 0 Å². The Balaban J connectivity index is 4.33. The summed E-state index contributed by atoms with van der Waals surface area (Å²) >= 11 is 0. The van der Waals surface area contributed by atoms with Gasteiger partial charge >= 0.3 is 7.60 Å². The lowest BCUT2D eigenvalue weighted by Crippen LogP contribution is -1.89. The van der Waals surface area contributed by atoms with Crippen molar-refractivity contribution in [3.8, 4) is 0 Å². The quantitative estimate of drug-likeness (QED) is 0.501. The second-order valence-corrected chi connectivity index (χ2v) is 3.65. The average molecular weight is 174 g/mol. The molecule has 0 radical (unpaired) electrons. The van der Waals surface area contributed by atoms with E-state index in [2.05, 4.69) is 13.2 Å². The van der Waals surface area contributed by atoms with Gasteiger partial charge in [-0.05, 0) is 5.57 Å². The Morgan fingerprint density at radius 3 is 2.27 bits per heavy atom. The van der Waals surface area contributed by atoms with E-state index in [1.165, 1.54) is 18.2 Å². The van der Waals surface area contributed by atoms with Gasteiger partial charge in [0.2, 0.25) is 0 Å². The van der Waals surface area contributed by atoms with Crippen molar-refractivity contribution in [2.45, 2.75) is 0 Å². The molecule has 0 bridgehead atoms. The maximum absolute atomic E-state index is 10.4. The van der Waals surface area contributed by atoms with Crippen LogP contribution in [0.15, 0.2) is 37.0 Å². The Morgan fingerprint density at radius 1 is 1.45 bits per heavy atom. The van der Waals surface area contributed by atoms with Crippen molar-refractivity contribution < 1.29 is 14.4 Å². The van der Waals surface area contributed by atoms with Crippen molar-refractivity contribution in [3.05, 3.63) is 37.0 Å². The number of hydrogen-bond acceptors (Lipinski definition) is 1. The molecular formula is C7H11O3P. The van der Waals surface area contributed by atoms with E-state index < -0.39 is 7.60 Å². The molecule has 0 atom stereocenters. The fraction of sp³-hybridized carbons (Fsp3) is 0.143. The van der Waals surface area contributed by atoms with E-state index in [-0.39, 0.29) is 6.16 Å². The van der Waals surface area contributed by atoms with Crippen LogP contribution in [0.3, 0.4) is 0 Å². The summed E-state index contributed by atoms with van der Waals surface area (Å²) in [5.74, 6) is 0. The summed E-state index contributed by atoms with van der Waals surface area (Å²) in [6.45, 7) is 6.81. The van der Waals surface area contributed by atoms with Crippen molar-refractivity contribution in [2.24, 2.45) is 0 Å². The fourth-order valence-electron chi connectivity index (χ4n) is 0.575. The summed E-state index contributed by atoms with van der Waals surface area (Å²) in [6, 6.07) is 0. The zero-order chi connectivity index (χ0) is 8.91. The molecule has 0 aliphatic rings. The SMILES string of the molecule is C=C/C=C(\C=C)CP(=O)(O)O. The molecule has 0 spiro atoms. The third-order valence-corrected chi connectivity index (χ3v) is 1.76. The van der Waals surface area contributed by atoms with E-state index in [4.69, 9.17) is 9.79 Å². The summed E-state index contributed by atoms with van der Waals surface area (Å²) in [6.07, 6.45) is 4.11. The van der Waals surface area contributed by atoms with Gasteiger partial charge in [0.25, 0.3) is 0 Å². The molecule has 0 aromatic rings. The van der Waals surface area contributed by atoms with Gasteiger partial charge in [0, 0.05) is 0 Å². The van der Waals surface area contributed by atoms with E-state index in [0.717, 1.165) is 0 Å². The first kappa shape index (κ1) is 10.4. The Kier molecular flexibility index (Phi) is 4.04. The van der Waals surface area contributed by atoms with Gasteiger partial charge in [-0.2, -0.15) is 0 Å². The highest BCUT2D eigenvalue weighted by Crippen LogP contribution is 2.36. The van der Waals surface area contributed by atoms with Crippen LogP contribution in [0.1, 0.15) is 0 Å². The van der Waals surface area contributed by atoms with E-state index in [9.17, 15) is 4.57 Å². The molecule has 0 saturated carbocycles. The van der Waals surface area contributed by atoms with Gasteiger partial charge < -0.3 is 9.79 Å². The molecule has 0 saturated heterocycles. The molecule has 0 amide bonds. The van der Waals surface area contributed by atoms with Crippen LogP contribution in [-0.4, -0.2) is 15.9 Å². The van der Waals surface area contributed by atoms with Crippen molar-refractivity contribution in [2.75, 3.05) is 6.16 Å². The number of hydrogen-bond donors (Lipinski definition) is 2. The maximum atomic E-state index is 10.4. The van der Waals surface area contributed by atoms with Gasteiger partial charge in [-0.25, -0.2) is 0 Å². The molecule has 3 nitrogen and oxygen atoms in total. The highest BCUT2D eigenvalue weighted by Gasteiger charge is 2.13. The normalized spacial score (nSPS) is 12.7. The predicted octanol–water partition coefficient (Wildman–Crippen LogP) is 1.46. The van der Waals surface area contributed by atoms with Crippen LogP contribution in [-0.2, 0) is 4.57 Å². The number of allylic oxidation sites excluding steroid dienone is 4. The van der Waals surface area contributed by atoms with Gasteiger partial charge in [-0.1, -0.05) is 31.4 Å². The van der Waals surface area contributed by atoms with Gasteiger partial charge in [0.1, 0.15) is 0 Å². The first-order valence-electron chi connectivity index (χ1n) is 2.98. The van der Waals surface area contributed by atoms with Crippen LogP contribution >= 0.6 is 7.60 Å². The minimum Gasteiger partial charge on any atom is -0.324 e. The fourth-order valence-corrected chi connectivity index (χ4v) is 1.28. The summed E-state index contributed by atoms with van der Waals surface area (Å²) in [5, 5.41) is 0. The molecule has 0 aromatic heterocycles. The third kappa shape index (κ3) is 5.80. The average Bonchev–Trinajstić information content (AvgIpc) is 1.84. The van der Waals surface area contributed by atoms with Crippen molar-refractivity contribution >= 4 is 7.60 Å². The summed E-state index contributed by atoms with van der Waals surface area (Å²) < 4.78 is 10.4. The zero-order valence-corrected chi connectivity index (χ0v) is 7.00. The Bertz CT molecular complexity index is 224. The highest BCUT2D eigenvalue weighted by molar-refractivity contribution is 7.52. The molecule has 11 heavy (non-hydrogen) atoms. The van der Waals surface area contributed by atoms with Crippen LogP contribution in [0, 0.1) is 0 Å². The highest BCUT2D eigenvalue weighted by atomic mass is 31.2. The standard InChI is InChI=1S/C7H11O3P/c1-3-5-7(4-2)6-11(8,9)10/h3-5H,1-2,6H2,(H2,8,9,10)/b7-5+. The van der Waals surface area contributed by atoms with Gasteiger partial charge in [-0.15, -0.1) is 0 Å². The van der Waals surface area contributed by atoms with Crippen LogP contribution in [0.2, 0.25) is 0 Å². The second kappa shape index (κ2) is 4.29. The lowest BCUT2D eigenvalue weighted by molar-refractivity contribution is 0.376. The van der Waals surface area contributed by atoms with Gasteiger partial charge in [0.05, 0.1) is 6.16 Å². The van der Waals surface area contributed by atoms with Crippen molar-refractivity contribution in [1.29, 1.82) is 0 Å². The largest absolute Gasteiger partial charge is 0.329 e. The second-order valence-electron chi connectivity index (χ2n) is 2.00. The minimum atomic E-state index is -3.96. The topological polar surface area (TPSA) is 57.5 Å². The van der Waals surface area contributed by atoms with Crippen molar-refractivity contribution in [3.63, 3.8) is 0 Å². The molecule has 0 aliphatic carbocycles. The van der Waals surface area contributed by atoms with Crippen LogP contribution in [0.5, 0.6) is 0 Å². The first-order chi connectivity index (χ1) is 4.99. The molecule has 0 fully saturated rings. The van der Waals surface area contributed by atoms with Gasteiger partial charge in [-0.3, -0.25) is 4.57 Å². The molecule has 0 rings (SSSR count). The lowest BCUT2D eigenvalue weighted by atomic mass is 10.3. The first-order valence-corrected chi connectivity index (χ1v) is 4.78. The molecule has 0 unspecified atom stereocenters. The third-order valence-electron chi connectivity index (χ3n) is 0.983. The van der Waals surface area contributed by atoms with Crippen molar-refractivity contribution in [1.82, 2.24) is 0 Å². The summed E-state index contributed by atoms with van der Waals surface area (Å²) in [4.78, 5) is 17.1. The molecule has 4 heteroatoms. The number of rotatable bonds is 4. The Morgan fingerprint density at radius 2 is 2.00 bits per heavy atom. The minimum absolute atomic E-state index is 0.275. The van der Waals surface area contributed by atoms with E-state index >= 15 is 0 Å². The predicted molar refractivity (Wildman–Crippen MR) is 45.4 cm³/mol. The van der Waals surface area contributed by atoms with Crippen LogP contribution in [0.4, 0.5) is 0 Å². The molecule has 0 heterocycles. The monoisotopic (exact) mass is 174 g/mol. The summed E-state index contributed by atoms with van der Waals surface area (Å²) in [7, 11) is -3.96. The molecule has 62 valence electrons. The molecule has 0 aromatic carbocycles. The maximum Gasteiger partial charge on any atom is 0.329 e. The summed E-state index contributed by atoms with van der Waals surface area (Å²) in [5.41, 5.74) is 0.494. The Hall–Kier alpha value is -0.630. The molecular weight excluding hydrogens is 163 g/mol. The van der Waals surface area contributed by atoms with E-state index in [0.29, 0.717) is 5.57 Å². The smallest absolute Gasteiger partial charge is 0.324 e. The van der Waals surface area contributed by atoms with E-state index in [1.807, 2.05) is 0 Å². The van der Waals surface area contributed by atoms with Crippen LogP contribution in [0.25, 0.3) is 0 Å². The molecule has 0 aliphatic heterocycles. The van der Waals surface area contributed by atoms with Gasteiger partial charge in [0.15, 0.2) is 0 Å². The Labute approximate surface area is 65.9 Å². The zero-order valence-electron chi connectivity index (χ0n) is 6.10.